The van der Waals surface area contributed by atoms with Gasteiger partial charge in [0.2, 0.25) is 0 Å². The Morgan fingerprint density at radius 1 is 0.388 bits per heavy atom. The van der Waals surface area contributed by atoms with Crippen LogP contribution in [0.4, 0.5) is 0 Å². The van der Waals surface area contributed by atoms with E-state index < -0.39 is 92.2 Å². The SMILES string of the molecule is CC1(C)C(=O)C=C[C@]2(C)[C@H]3CC[C@]4(C)[C@@H](c5ccc(=O)oc5)[C@@H](Cl)C[C@]4(O)C3=CC[C@@H]12.CC1(C)C(=O)C=C[C@]2(C)[C@H]3C[C@@H](O)[C@]4(C)[C@@H](c5ccc(=O)oc5)C(Cl)(Cl)C[C@]4(O)C3=CC[C@@H]12.CO[C@H]1C=C[C@]2(C)[C@H]3CC[C@]4(C)[C@@H](c5ccc(=O)oc5)C(Cl)(Cl)C[C@]4(O)C3=CC[C@H]2C1(C)C.CO[C@H]1C=C[C@]2(C)[C@H]3CC[C@]4(C)[C@@H](c5ccc(=O)oc5)[C@@H](Cl)C[C@]4(O)C3=CC[C@H]2C1(C)C. The number of carbonyl (C=O) groups excluding carboxylic acids is 2. The smallest absolute Gasteiger partial charge is 0.335 e. The summed E-state index contributed by atoms with van der Waals surface area (Å²) in [4.78, 5) is 71.4. The Hall–Kier alpha value is -5.48. The number of methoxy groups -OCH3 is 2. The summed E-state index contributed by atoms with van der Waals surface area (Å²) >= 11 is 41.6. The number of ether oxygens (including phenoxy) is 2. The van der Waals surface area contributed by atoms with Gasteiger partial charge >= 0.3 is 22.5 Å². The molecule has 16 aliphatic rings. The highest BCUT2D eigenvalue weighted by Gasteiger charge is 2.78. The third-order valence-corrected chi connectivity index (χ3v) is 41.3. The van der Waals surface area contributed by atoms with Gasteiger partial charge in [-0.3, -0.25) is 9.59 Å². The maximum atomic E-state index is 12.7. The van der Waals surface area contributed by atoms with Crippen LogP contribution in [0.1, 0.15) is 253 Å². The number of ketones is 2. The van der Waals surface area contributed by atoms with E-state index in [1.807, 2.05) is 32.9 Å². The minimum Gasteiger partial charge on any atom is -0.431 e. The Morgan fingerprint density at radius 2 is 0.705 bits per heavy atom. The van der Waals surface area contributed by atoms with Crippen LogP contribution in [-0.4, -0.2) is 111 Å². The summed E-state index contributed by atoms with van der Waals surface area (Å²) in [5.74, 6) is 0.733. The number of aliphatic hydroxyl groups excluding tert-OH is 1. The van der Waals surface area contributed by atoms with E-state index in [1.165, 1.54) is 54.9 Å². The van der Waals surface area contributed by atoms with Gasteiger partial charge in [0, 0.05) is 118 Å². The van der Waals surface area contributed by atoms with Crippen LogP contribution in [0, 0.1) is 112 Å². The van der Waals surface area contributed by atoms with E-state index in [9.17, 15) is 54.3 Å². The van der Waals surface area contributed by atoms with Crippen molar-refractivity contribution in [2.45, 2.75) is 291 Å². The van der Waals surface area contributed by atoms with Crippen molar-refractivity contribution in [1.82, 2.24) is 0 Å². The number of halogens is 6. The molecule has 29 atom stereocenters. The standard InChI is InChI=1S/C27H34Cl2O4.C27H35ClO4.C26H30Cl2O5.C26H31ClO4/c1-23(2)19-8-7-18-17(24(19,3)12-11-20(23)32-5)10-13-25(4)22(16-6-9-21(30)33-14-16)27(28,29)15-26(18,25)31;1-24(2)20-8-7-18-17(25(20,3)12-11-21(24)31-5)10-13-26(4)23(19(28)14-27(18,26)30)16-6-9-22(29)32-15-16;1-22(2)17-7-6-15-16(23(17,3)10-9-18(22)29)11-19(30)24(4)21(14-5-8-20(31)33-12-14)26(27,28)13-25(15,24)32;1-23(2)19-7-6-17-16(24(19,3)11-10-20(23)28)9-12-25(4)22(18(27)13-26(17,25)30)15-5-8-21(29)31-14-15/h6-7,9,11-12,14,17,19-20,22,31H,8,10,13,15H2,1-5H3;6-7,9,11-12,15,17,19-21,23,30H,8,10,13-14H2,1-5H3;5-6,8-10,12,16-17,19,21,30,32H,7,11,13H2,1-4H3;5-6,8,10-11,14,16,18-19,22,30H,7,9,12-13H2,1-4H3/t17-,19-,20-,22+,24+,25+,26-;17-,19-,20-,21-,23-,25+,26+,27-;16-,17-,19+,21+,23+,24+,25-;16-,18-,19-,22-,24+,25+,26-/m0000/s1. The van der Waals surface area contributed by atoms with Gasteiger partial charge in [-0.25, -0.2) is 19.2 Å². The number of allylic oxidation sites excluding steroid dienone is 10. The average molecular weight is 1890 g/mol. The number of hydrogen-bond acceptors (Lipinski definition) is 17. The van der Waals surface area contributed by atoms with Crippen LogP contribution in [0.2, 0.25) is 0 Å². The lowest BCUT2D eigenvalue weighted by Gasteiger charge is -2.61. The molecule has 0 radical (unpaired) electrons. The van der Waals surface area contributed by atoms with E-state index in [-0.39, 0.29) is 139 Å². The molecule has 5 N–H and O–H groups in total. The monoisotopic (exact) mass is 1880 g/mol. The Kier molecular flexibility index (Phi) is 23.1. The van der Waals surface area contributed by atoms with E-state index in [0.29, 0.717) is 43.1 Å². The van der Waals surface area contributed by atoms with Gasteiger partial charge in [-0.2, -0.15) is 0 Å². The second-order valence-electron chi connectivity index (χ2n) is 46.0. The van der Waals surface area contributed by atoms with Gasteiger partial charge in [-0.15, -0.1) is 69.6 Å². The fourth-order valence-electron chi connectivity index (χ4n) is 32.1. The molecule has 0 saturated heterocycles. The molecule has 16 aliphatic carbocycles. The van der Waals surface area contributed by atoms with Crippen LogP contribution in [-0.2, 0) is 19.1 Å². The third-order valence-electron chi connectivity index (χ3n) is 39.1. The summed E-state index contributed by atoms with van der Waals surface area (Å²) in [6, 6.07) is 12.5. The zero-order chi connectivity index (χ0) is 93.7. The van der Waals surface area contributed by atoms with Crippen LogP contribution in [0.15, 0.2) is 206 Å². The van der Waals surface area contributed by atoms with Gasteiger partial charge in [0.05, 0.1) is 65.8 Å². The van der Waals surface area contributed by atoms with Crippen LogP contribution in [0.5, 0.6) is 0 Å². The van der Waals surface area contributed by atoms with Crippen LogP contribution in [0.25, 0.3) is 0 Å². The molecule has 698 valence electrons. The number of alkyl halides is 6. The van der Waals surface area contributed by atoms with Crippen LogP contribution >= 0.6 is 69.6 Å². The molecule has 20 rings (SSSR count). The fraction of sp³-hybridized carbons (Fsp3) is 0.642. The van der Waals surface area contributed by atoms with Gasteiger partial charge in [0.25, 0.3) is 0 Å². The summed E-state index contributed by atoms with van der Waals surface area (Å²) in [7, 11) is 3.58. The molecule has 0 amide bonds. The minimum atomic E-state index is -1.47. The quantitative estimate of drug-likeness (QED) is 0.0886. The molecule has 4 heterocycles. The highest BCUT2D eigenvalue weighted by molar-refractivity contribution is 6.50. The van der Waals surface area contributed by atoms with Gasteiger partial charge in [0.1, 0.15) is 8.67 Å². The number of carbonyl (C=O) groups is 2. The zero-order valence-corrected chi connectivity index (χ0v) is 82.2. The van der Waals surface area contributed by atoms with Crippen molar-refractivity contribution < 1.29 is 62.3 Å². The predicted molar refractivity (Wildman–Crippen MR) is 502 cm³/mol. The van der Waals surface area contributed by atoms with Gasteiger partial charge in [-0.1, -0.05) is 172 Å². The molecule has 0 unspecified atom stereocenters. The molecule has 129 heavy (non-hydrogen) atoms. The largest absolute Gasteiger partial charge is 0.431 e. The molecule has 4 aromatic rings. The van der Waals surface area contributed by atoms with Crippen molar-refractivity contribution in [3.63, 3.8) is 0 Å². The van der Waals surface area contributed by atoms with Gasteiger partial charge in [0.15, 0.2) is 11.6 Å². The molecule has 8 fully saturated rings. The Labute approximate surface area is 788 Å². The summed E-state index contributed by atoms with van der Waals surface area (Å²) in [6.07, 6.45) is 40.9. The minimum absolute atomic E-state index is 0.0124. The zero-order valence-electron chi connectivity index (χ0n) is 77.7. The van der Waals surface area contributed by atoms with Crippen molar-refractivity contribution in [3.8, 4) is 0 Å². The Morgan fingerprint density at radius 3 is 1.08 bits per heavy atom. The summed E-state index contributed by atoms with van der Waals surface area (Å²) in [6.45, 7) is 34.7. The van der Waals surface area contributed by atoms with Gasteiger partial charge in [-0.05, 0) is 244 Å². The van der Waals surface area contributed by atoms with E-state index in [1.54, 1.807) is 44.6 Å². The fourth-order valence-corrected chi connectivity index (χ4v) is 35.6. The molecule has 4 aromatic heterocycles. The Bertz CT molecular complexity index is 5640. The number of aliphatic hydroxyl groups is 5. The van der Waals surface area contributed by atoms with Crippen molar-refractivity contribution in [2.75, 3.05) is 14.2 Å². The second kappa shape index (κ2) is 31.3. The maximum absolute atomic E-state index is 12.7. The maximum Gasteiger partial charge on any atom is 0.335 e. The molecule has 0 bridgehead atoms. The summed E-state index contributed by atoms with van der Waals surface area (Å²) in [5.41, 5.74) is -3.12. The first-order valence-corrected chi connectivity index (χ1v) is 49.0. The molecule has 0 aliphatic heterocycles. The predicted octanol–water partition coefficient (Wildman–Crippen LogP) is 21.0. The van der Waals surface area contributed by atoms with Crippen LogP contribution in [0.3, 0.4) is 0 Å². The lowest BCUT2D eigenvalue weighted by Crippen LogP contribution is -2.63. The van der Waals surface area contributed by atoms with E-state index in [0.717, 1.165) is 91.2 Å². The number of hydrogen-bond donors (Lipinski definition) is 5. The highest BCUT2D eigenvalue weighted by atomic mass is 35.5. The second-order valence-corrected chi connectivity index (χ2v) is 50.2. The lowest BCUT2D eigenvalue weighted by atomic mass is 9.44. The van der Waals surface area contributed by atoms with Crippen molar-refractivity contribution in [3.05, 3.63) is 233 Å². The first-order valence-electron chi connectivity index (χ1n) is 46.6. The number of fused-ring (bicyclic) bond motifs is 20. The third kappa shape index (κ3) is 13.4. The Balaban J connectivity index is 0.000000121. The van der Waals surface area contributed by atoms with E-state index >= 15 is 0 Å². The molecular formula is C106H130Cl6O17. The molecule has 0 spiro atoms. The van der Waals surface area contributed by atoms with Gasteiger partial charge < -0.3 is 52.7 Å². The van der Waals surface area contributed by atoms with E-state index in [4.69, 9.17) is 96.7 Å². The van der Waals surface area contributed by atoms with Crippen molar-refractivity contribution in [1.29, 1.82) is 0 Å². The van der Waals surface area contributed by atoms with Crippen molar-refractivity contribution in [2.24, 2.45) is 112 Å². The molecular weight excluding hydrogens is 1760 g/mol. The lowest BCUT2D eigenvalue weighted by molar-refractivity contribution is -0.154. The van der Waals surface area contributed by atoms with E-state index in [2.05, 4.69) is 145 Å². The first-order chi connectivity index (χ1) is 59.9. The molecule has 8 saturated carbocycles. The number of rotatable bonds is 6. The summed E-state index contributed by atoms with van der Waals surface area (Å²) < 4.78 is 29.7. The normalized spacial score (nSPS) is 45.6. The first kappa shape index (κ1) is 95.3. The summed E-state index contributed by atoms with van der Waals surface area (Å²) in [5, 5.41) is 60.6. The molecule has 0 aromatic carbocycles. The topological polar surface area (TPSA) is 275 Å². The van der Waals surface area contributed by atoms with Crippen LogP contribution < -0.4 is 22.5 Å². The highest BCUT2D eigenvalue weighted by Crippen LogP contribution is 2.79. The average Bonchev–Trinajstić information content (AvgIpc) is 1.53. The van der Waals surface area contributed by atoms with Crippen molar-refractivity contribution >= 4 is 81.2 Å². The molecule has 17 nitrogen and oxygen atoms in total. The molecule has 23 heteroatoms.